The predicted molar refractivity (Wildman–Crippen MR) is 77.5 cm³/mol. The molecule has 2 aromatic rings. The molecule has 0 amide bonds. The van der Waals surface area contributed by atoms with Crippen LogP contribution >= 0.6 is 11.3 Å². The van der Waals surface area contributed by atoms with Gasteiger partial charge >= 0.3 is 5.97 Å². The molecule has 1 heterocycles. The van der Waals surface area contributed by atoms with Gasteiger partial charge in [0.05, 0.1) is 6.42 Å². The van der Waals surface area contributed by atoms with Crippen molar-refractivity contribution in [1.82, 2.24) is 0 Å². The summed E-state index contributed by atoms with van der Waals surface area (Å²) in [6.07, 6.45) is 0.849. The lowest BCUT2D eigenvalue weighted by Gasteiger charge is -2.05. The zero-order chi connectivity index (χ0) is 13.8. The molecule has 1 aromatic carbocycles. The van der Waals surface area contributed by atoms with E-state index in [1.165, 1.54) is 16.0 Å². The van der Waals surface area contributed by atoms with E-state index in [4.69, 9.17) is 10.8 Å². The third kappa shape index (κ3) is 3.66. The van der Waals surface area contributed by atoms with Crippen LogP contribution in [0.2, 0.25) is 0 Å². The summed E-state index contributed by atoms with van der Waals surface area (Å²) in [4.78, 5) is 12.8. The molecule has 0 aliphatic carbocycles. The number of hydrogen-bond donors (Lipinski definition) is 2. The predicted octanol–water partition coefficient (Wildman–Crippen LogP) is 3.12. The Morgan fingerprint density at radius 2 is 2.05 bits per heavy atom. The smallest absolute Gasteiger partial charge is 0.305 e. The highest BCUT2D eigenvalue weighted by atomic mass is 32.1. The fraction of sp³-hybridized carbons (Fsp3) is 0.267. The van der Waals surface area contributed by atoms with Gasteiger partial charge in [-0.1, -0.05) is 24.3 Å². The van der Waals surface area contributed by atoms with Crippen LogP contribution in [0, 0.1) is 6.92 Å². The third-order valence-corrected chi connectivity index (χ3v) is 4.29. The monoisotopic (exact) mass is 275 g/mol. The van der Waals surface area contributed by atoms with E-state index in [2.05, 4.69) is 19.1 Å². The van der Waals surface area contributed by atoms with Crippen LogP contribution in [-0.4, -0.2) is 11.1 Å². The van der Waals surface area contributed by atoms with E-state index in [-0.39, 0.29) is 6.42 Å². The lowest BCUT2D eigenvalue weighted by Crippen LogP contribution is -2.13. The van der Waals surface area contributed by atoms with Gasteiger partial charge in [0.2, 0.25) is 0 Å². The molecule has 0 aliphatic rings. The second-order valence-electron chi connectivity index (χ2n) is 4.61. The first kappa shape index (κ1) is 13.8. The summed E-state index contributed by atoms with van der Waals surface area (Å²) in [5.74, 6) is -0.860. The summed E-state index contributed by atoms with van der Waals surface area (Å²) < 4.78 is 0. The van der Waals surface area contributed by atoms with Crippen LogP contribution in [0.4, 0.5) is 0 Å². The van der Waals surface area contributed by atoms with Gasteiger partial charge in [-0.3, -0.25) is 4.79 Å². The average molecular weight is 275 g/mol. The highest BCUT2D eigenvalue weighted by Gasteiger charge is 2.13. The van der Waals surface area contributed by atoms with Crippen LogP contribution in [0.25, 0.3) is 0 Å². The van der Waals surface area contributed by atoms with Gasteiger partial charge in [0.1, 0.15) is 0 Å². The van der Waals surface area contributed by atoms with Gasteiger partial charge in [-0.05, 0) is 30.2 Å². The Morgan fingerprint density at radius 1 is 1.32 bits per heavy atom. The number of carboxylic acids is 1. The van der Waals surface area contributed by atoms with Crippen molar-refractivity contribution in [3.8, 4) is 0 Å². The summed E-state index contributed by atoms with van der Waals surface area (Å²) >= 11 is 1.60. The van der Waals surface area contributed by atoms with E-state index in [9.17, 15) is 4.79 Å². The number of hydrogen-bond acceptors (Lipinski definition) is 3. The van der Waals surface area contributed by atoms with E-state index in [0.29, 0.717) is 0 Å². The summed E-state index contributed by atoms with van der Waals surface area (Å²) in [5, 5.41) is 8.75. The van der Waals surface area contributed by atoms with Crippen LogP contribution in [0.3, 0.4) is 0 Å². The van der Waals surface area contributed by atoms with E-state index in [1.54, 1.807) is 11.3 Å². The molecule has 0 fully saturated rings. The van der Waals surface area contributed by atoms with Crippen molar-refractivity contribution in [2.45, 2.75) is 25.8 Å². The number of rotatable bonds is 5. The van der Waals surface area contributed by atoms with E-state index in [1.807, 2.05) is 24.3 Å². The van der Waals surface area contributed by atoms with Crippen molar-refractivity contribution in [2.24, 2.45) is 5.73 Å². The number of carboxylic acid groups (broad SMARTS) is 1. The minimum Gasteiger partial charge on any atom is -0.481 e. The Bertz CT molecular complexity index is 577. The SMILES string of the molecule is Cc1ccccc1Cc1ccc(C(N)CC(=O)O)s1. The molecule has 0 bridgehead atoms. The second kappa shape index (κ2) is 5.99. The molecule has 1 aromatic heterocycles. The molecule has 3 N–H and O–H groups in total. The quantitative estimate of drug-likeness (QED) is 0.881. The molecule has 4 heteroatoms. The molecule has 0 radical (unpaired) electrons. The fourth-order valence-electron chi connectivity index (χ4n) is 1.97. The lowest BCUT2D eigenvalue weighted by atomic mass is 10.1. The number of aryl methyl sites for hydroxylation is 1. The molecule has 19 heavy (non-hydrogen) atoms. The lowest BCUT2D eigenvalue weighted by molar-refractivity contribution is -0.137. The Hall–Kier alpha value is -1.65. The van der Waals surface area contributed by atoms with Crippen molar-refractivity contribution in [3.63, 3.8) is 0 Å². The van der Waals surface area contributed by atoms with Gasteiger partial charge in [-0.2, -0.15) is 0 Å². The molecule has 0 spiro atoms. The first-order valence-electron chi connectivity index (χ1n) is 6.16. The average Bonchev–Trinajstić information content (AvgIpc) is 2.80. The number of benzene rings is 1. The molecule has 0 saturated carbocycles. The fourth-order valence-corrected chi connectivity index (χ4v) is 3.01. The van der Waals surface area contributed by atoms with Gasteiger partial charge < -0.3 is 10.8 Å². The summed E-state index contributed by atoms with van der Waals surface area (Å²) in [7, 11) is 0. The minimum absolute atomic E-state index is 0.0235. The van der Waals surface area contributed by atoms with Crippen LogP contribution < -0.4 is 5.73 Å². The zero-order valence-corrected chi connectivity index (χ0v) is 11.6. The summed E-state index contributed by atoms with van der Waals surface area (Å²) in [6.45, 7) is 2.10. The summed E-state index contributed by atoms with van der Waals surface area (Å²) in [5.41, 5.74) is 8.43. The Kier molecular flexibility index (Phi) is 4.35. The molecule has 100 valence electrons. The Morgan fingerprint density at radius 3 is 2.74 bits per heavy atom. The minimum atomic E-state index is -0.860. The largest absolute Gasteiger partial charge is 0.481 e. The first-order valence-corrected chi connectivity index (χ1v) is 6.98. The molecule has 3 nitrogen and oxygen atoms in total. The van der Waals surface area contributed by atoms with Crippen molar-refractivity contribution >= 4 is 17.3 Å². The van der Waals surface area contributed by atoms with E-state index >= 15 is 0 Å². The summed E-state index contributed by atoms with van der Waals surface area (Å²) in [6, 6.07) is 11.8. The highest BCUT2D eigenvalue weighted by Crippen LogP contribution is 2.26. The van der Waals surface area contributed by atoms with Crippen molar-refractivity contribution < 1.29 is 9.90 Å². The molecule has 0 saturated heterocycles. The Balaban J connectivity index is 2.09. The first-order chi connectivity index (χ1) is 9.06. The number of nitrogens with two attached hydrogens (primary N) is 1. The van der Waals surface area contributed by atoms with Crippen molar-refractivity contribution in [3.05, 3.63) is 57.3 Å². The van der Waals surface area contributed by atoms with E-state index in [0.717, 1.165) is 11.3 Å². The molecule has 0 aliphatic heterocycles. The van der Waals surface area contributed by atoms with Crippen LogP contribution in [-0.2, 0) is 11.2 Å². The number of aliphatic carboxylic acids is 1. The molecular weight excluding hydrogens is 258 g/mol. The van der Waals surface area contributed by atoms with Gasteiger partial charge in [-0.15, -0.1) is 11.3 Å². The number of thiophene rings is 1. The van der Waals surface area contributed by atoms with Crippen LogP contribution in [0.5, 0.6) is 0 Å². The third-order valence-electron chi connectivity index (χ3n) is 3.07. The topological polar surface area (TPSA) is 63.3 Å². The second-order valence-corrected chi connectivity index (χ2v) is 5.81. The standard InChI is InChI=1S/C15H17NO2S/c1-10-4-2-3-5-11(10)8-12-6-7-14(19-12)13(16)9-15(17)18/h2-7,13H,8-9,16H2,1H3,(H,17,18). The van der Waals surface area contributed by atoms with Gasteiger partial charge in [0.25, 0.3) is 0 Å². The van der Waals surface area contributed by atoms with Crippen molar-refractivity contribution in [1.29, 1.82) is 0 Å². The van der Waals surface area contributed by atoms with Gasteiger partial charge in [0, 0.05) is 22.2 Å². The molecule has 1 atom stereocenters. The molecule has 1 unspecified atom stereocenters. The van der Waals surface area contributed by atoms with E-state index < -0.39 is 12.0 Å². The van der Waals surface area contributed by atoms with Gasteiger partial charge in [0.15, 0.2) is 0 Å². The van der Waals surface area contributed by atoms with Crippen molar-refractivity contribution in [2.75, 3.05) is 0 Å². The maximum Gasteiger partial charge on any atom is 0.305 e. The normalized spacial score (nSPS) is 12.3. The van der Waals surface area contributed by atoms with Gasteiger partial charge in [-0.25, -0.2) is 0 Å². The molecule has 2 rings (SSSR count). The van der Waals surface area contributed by atoms with Crippen LogP contribution in [0.15, 0.2) is 36.4 Å². The maximum absolute atomic E-state index is 10.7. The molecular formula is C15H17NO2S. The maximum atomic E-state index is 10.7. The number of carbonyl (C=O) groups is 1. The zero-order valence-electron chi connectivity index (χ0n) is 10.8. The highest BCUT2D eigenvalue weighted by molar-refractivity contribution is 7.12. The van der Waals surface area contributed by atoms with Crippen LogP contribution in [0.1, 0.15) is 33.3 Å². The Labute approximate surface area is 116 Å².